The van der Waals surface area contributed by atoms with Gasteiger partial charge in [0.1, 0.15) is 5.75 Å². The number of benzene rings is 2. The molecule has 2 aromatic carbocycles. The lowest BCUT2D eigenvalue weighted by atomic mass is 10.1. The number of rotatable bonds is 4. The van der Waals surface area contributed by atoms with Crippen LogP contribution < -0.4 is 5.32 Å². The molecule has 0 unspecified atom stereocenters. The van der Waals surface area contributed by atoms with E-state index in [0.717, 1.165) is 16.6 Å². The maximum absolute atomic E-state index is 9.38. The Morgan fingerprint density at radius 3 is 2.61 bits per heavy atom. The van der Waals surface area contributed by atoms with Gasteiger partial charge in [-0.3, -0.25) is 0 Å². The molecule has 0 aliphatic rings. The first kappa shape index (κ1) is 17.0. The molecule has 0 radical (unpaired) electrons. The van der Waals surface area contributed by atoms with Crippen LogP contribution >= 0.6 is 11.3 Å². The van der Waals surface area contributed by atoms with E-state index in [-0.39, 0.29) is 5.75 Å². The molecule has 0 aliphatic heterocycles. The molecule has 1 aromatic heterocycles. The van der Waals surface area contributed by atoms with Crippen molar-refractivity contribution in [1.29, 1.82) is 5.26 Å². The van der Waals surface area contributed by atoms with Crippen molar-refractivity contribution in [3.63, 3.8) is 0 Å². The molecule has 0 aliphatic carbocycles. The van der Waals surface area contributed by atoms with Gasteiger partial charge in [-0.2, -0.15) is 5.26 Å². The molecule has 2 N–H and O–H groups in total. The summed E-state index contributed by atoms with van der Waals surface area (Å²) < 4.78 is 0.786. The molecule has 0 fully saturated rings. The zero-order valence-corrected chi connectivity index (χ0v) is 13.9. The molecule has 0 amide bonds. The van der Waals surface area contributed by atoms with E-state index < -0.39 is 0 Å². The van der Waals surface area contributed by atoms with Crippen LogP contribution in [0.15, 0.2) is 53.9 Å². The third-order valence-corrected chi connectivity index (χ3v) is 4.39. The van der Waals surface area contributed by atoms with Crippen molar-refractivity contribution in [3.05, 3.63) is 65.0 Å². The first-order valence-electron chi connectivity index (χ1n) is 7.54. The Morgan fingerprint density at radius 1 is 1.13 bits per heavy atom. The highest BCUT2D eigenvalue weighted by Crippen LogP contribution is 2.31. The van der Waals surface area contributed by atoms with Gasteiger partial charge in [0.2, 0.25) is 0 Å². The van der Waals surface area contributed by atoms with Crippen LogP contribution in [0, 0.1) is 11.3 Å². The first-order valence-corrected chi connectivity index (χ1v) is 8.42. The molecule has 3 aromatic rings. The topological polar surface area (TPSA) is 56.0 Å². The standard InChI is InChI=1S/C10H15N.C9H5NOS/c1-11-9-5-8-10-6-3-2-4-7-10;10-5-6-1-2-8(11)9-7(6)3-4-12-9/h2-4,6-7,11H,5,8-9H2,1H3;1-4,11H. The summed E-state index contributed by atoms with van der Waals surface area (Å²) in [7, 11) is 1.99. The van der Waals surface area contributed by atoms with Crippen molar-refractivity contribution in [2.45, 2.75) is 12.8 Å². The van der Waals surface area contributed by atoms with Crippen LogP contribution in [-0.2, 0) is 6.42 Å². The predicted molar refractivity (Wildman–Crippen MR) is 96.9 cm³/mol. The average Bonchev–Trinajstić information content (AvgIpc) is 3.08. The molecule has 1 heterocycles. The Hall–Kier alpha value is -2.35. The van der Waals surface area contributed by atoms with Gasteiger partial charge in [-0.25, -0.2) is 0 Å². The summed E-state index contributed by atoms with van der Waals surface area (Å²) in [6.45, 7) is 1.11. The van der Waals surface area contributed by atoms with E-state index in [1.165, 1.54) is 29.7 Å². The van der Waals surface area contributed by atoms with Gasteiger partial charge in [0.25, 0.3) is 0 Å². The maximum atomic E-state index is 9.38. The lowest BCUT2D eigenvalue weighted by Crippen LogP contribution is -2.08. The van der Waals surface area contributed by atoms with Gasteiger partial charge >= 0.3 is 0 Å². The summed E-state index contributed by atoms with van der Waals surface area (Å²) in [5.41, 5.74) is 2.05. The van der Waals surface area contributed by atoms with Crippen LogP contribution in [0.25, 0.3) is 10.1 Å². The third-order valence-electron chi connectivity index (χ3n) is 3.45. The Balaban J connectivity index is 0.000000168. The monoisotopic (exact) mass is 324 g/mol. The van der Waals surface area contributed by atoms with Gasteiger partial charge in [-0.15, -0.1) is 11.3 Å². The predicted octanol–water partition coefficient (Wildman–Crippen LogP) is 4.32. The first-order chi connectivity index (χ1) is 11.3. The molecule has 3 nitrogen and oxygen atoms in total. The van der Waals surface area contributed by atoms with Crippen molar-refractivity contribution in [1.82, 2.24) is 5.32 Å². The number of aryl methyl sites for hydroxylation is 1. The second kappa shape index (κ2) is 8.94. The third kappa shape index (κ3) is 4.82. The van der Waals surface area contributed by atoms with Crippen molar-refractivity contribution in [2.24, 2.45) is 0 Å². The van der Waals surface area contributed by atoms with Crippen LogP contribution in [0.2, 0.25) is 0 Å². The van der Waals surface area contributed by atoms with Gasteiger partial charge < -0.3 is 10.4 Å². The van der Waals surface area contributed by atoms with Crippen LogP contribution in [0.1, 0.15) is 17.5 Å². The largest absolute Gasteiger partial charge is 0.506 e. The fourth-order valence-electron chi connectivity index (χ4n) is 2.26. The fraction of sp³-hybridized carbons (Fsp3) is 0.211. The van der Waals surface area contributed by atoms with E-state index in [0.29, 0.717) is 5.56 Å². The summed E-state index contributed by atoms with van der Waals surface area (Å²) in [5, 5.41) is 23.9. The van der Waals surface area contributed by atoms with Gasteiger partial charge in [-0.1, -0.05) is 30.3 Å². The minimum absolute atomic E-state index is 0.249. The van der Waals surface area contributed by atoms with Crippen LogP contribution in [0.5, 0.6) is 5.75 Å². The smallest absolute Gasteiger partial charge is 0.133 e. The summed E-state index contributed by atoms with van der Waals surface area (Å²) in [5.74, 6) is 0.249. The number of thiophene rings is 1. The van der Waals surface area contributed by atoms with Gasteiger partial charge in [0, 0.05) is 5.39 Å². The van der Waals surface area contributed by atoms with Crippen LogP contribution in [-0.4, -0.2) is 18.7 Å². The Morgan fingerprint density at radius 2 is 1.91 bits per heavy atom. The number of phenols is 1. The van der Waals surface area contributed by atoms with Crippen molar-refractivity contribution < 1.29 is 5.11 Å². The summed E-state index contributed by atoms with van der Waals surface area (Å²) in [4.78, 5) is 0. The lowest BCUT2D eigenvalue weighted by Gasteiger charge is -1.99. The van der Waals surface area contributed by atoms with Crippen molar-refractivity contribution >= 4 is 21.4 Å². The molecule has 0 bridgehead atoms. The van der Waals surface area contributed by atoms with Gasteiger partial charge in [0.15, 0.2) is 0 Å². The maximum Gasteiger partial charge on any atom is 0.133 e. The second-order valence-corrected chi connectivity index (χ2v) is 6.02. The molecule has 0 spiro atoms. The molecular formula is C19H20N2OS. The normalized spacial score (nSPS) is 9.91. The molecule has 118 valence electrons. The van der Waals surface area contributed by atoms with Crippen molar-refractivity contribution in [3.8, 4) is 11.8 Å². The highest BCUT2D eigenvalue weighted by Gasteiger charge is 2.04. The highest BCUT2D eigenvalue weighted by molar-refractivity contribution is 7.17. The number of aromatic hydroxyl groups is 1. The van der Waals surface area contributed by atoms with E-state index in [4.69, 9.17) is 5.26 Å². The second-order valence-electron chi connectivity index (χ2n) is 5.10. The SMILES string of the molecule is CNCCCc1ccccc1.N#Cc1ccc(O)c2sccc12. The van der Waals surface area contributed by atoms with Gasteiger partial charge in [-0.05, 0) is 55.6 Å². The lowest BCUT2D eigenvalue weighted by molar-refractivity contribution is 0.482. The Labute approximate surface area is 140 Å². The Kier molecular flexibility index (Phi) is 6.61. The van der Waals surface area contributed by atoms with Gasteiger partial charge in [0.05, 0.1) is 16.3 Å². The number of phenolic OH excluding ortho intramolecular Hbond substituents is 1. The zero-order chi connectivity index (χ0) is 16.5. The van der Waals surface area contributed by atoms with Crippen LogP contribution in [0.4, 0.5) is 0 Å². The fourth-order valence-corrected chi connectivity index (χ4v) is 3.09. The quantitative estimate of drug-likeness (QED) is 0.703. The molecule has 0 saturated heterocycles. The van der Waals surface area contributed by atoms with Crippen LogP contribution in [0.3, 0.4) is 0 Å². The number of hydrogen-bond donors (Lipinski definition) is 2. The molecule has 3 rings (SSSR count). The summed E-state index contributed by atoms with van der Waals surface area (Å²) >= 11 is 1.44. The van der Waals surface area contributed by atoms with E-state index in [1.54, 1.807) is 12.1 Å². The van der Waals surface area contributed by atoms with E-state index in [9.17, 15) is 5.11 Å². The van der Waals surface area contributed by atoms with E-state index in [2.05, 4.69) is 41.7 Å². The molecule has 4 heteroatoms. The Bertz CT molecular complexity index is 775. The zero-order valence-electron chi connectivity index (χ0n) is 13.1. The number of hydrogen-bond acceptors (Lipinski definition) is 4. The molecular weight excluding hydrogens is 304 g/mol. The summed E-state index contributed by atoms with van der Waals surface area (Å²) in [6, 6.07) is 17.7. The minimum Gasteiger partial charge on any atom is -0.506 e. The number of nitrogens with one attached hydrogen (secondary N) is 1. The van der Waals surface area contributed by atoms with Crippen molar-refractivity contribution in [2.75, 3.05) is 13.6 Å². The molecule has 23 heavy (non-hydrogen) atoms. The van der Waals surface area contributed by atoms with E-state index >= 15 is 0 Å². The summed E-state index contributed by atoms with van der Waals surface area (Å²) in [6.07, 6.45) is 2.40. The van der Waals surface area contributed by atoms with E-state index in [1.807, 2.05) is 18.5 Å². The molecule has 0 saturated carbocycles. The average molecular weight is 324 g/mol. The minimum atomic E-state index is 0.249. The number of nitriles is 1. The number of fused-ring (bicyclic) bond motifs is 1. The highest BCUT2D eigenvalue weighted by atomic mass is 32.1. The molecule has 0 atom stereocenters. The number of nitrogens with zero attached hydrogens (tertiary/aromatic N) is 1.